The number of carboxylic acid groups (broad SMARTS) is 2. The van der Waals surface area contributed by atoms with Crippen molar-refractivity contribution < 1.29 is 30.0 Å². The molecule has 0 fully saturated rings. The molecule has 22 heavy (non-hydrogen) atoms. The van der Waals surface area contributed by atoms with Crippen molar-refractivity contribution in [1.82, 2.24) is 5.32 Å². The maximum absolute atomic E-state index is 9.10. The van der Waals surface area contributed by atoms with Crippen LogP contribution >= 0.6 is 23.2 Å². The SMILES string of the molecule is O=C(O)C(=O)O.OCC(O)CNCCc1ccc(Cl)cc1Cl. The Bertz CT molecular complexity index is 485. The first-order valence-corrected chi connectivity index (χ1v) is 6.93. The van der Waals surface area contributed by atoms with Gasteiger partial charge in [0.25, 0.3) is 0 Å². The van der Waals surface area contributed by atoms with Crippen LogP contribution in [-0.4, -0.2) is 58.2 Å². The van der Waals surface area contributed by atoms with Gasteiger partial charge in [-0.1, -0.05) is 29.3 Å². The summed E-state index contributed by atoms with van der Waals surface area (Å²) in [6, 6.07) is 5.39. The standard InChI is InChI=1S/C11H15Cl2NO2.C2H2O4/c12-9-2-1-8(11(13)5-9)3-4-14-6-10(16)7-15;3-1(4)2(5)6/h1-2,5,10,14-16H,3-4,6-7H2;(H,3,4)(H,5,6). The number of nitrogens with one attached hydrogen (secondary N) is 1. The van der Waals surface area contributed by atoms with Gasteiger partial charge in [0, 0.05) is 16.6 Å². The second-order valence-electron chi connectivity index (χ2n) is 4.14. The molecule has 1 aromatic rings. The van der Waals surface area contributed by atoms with E-state index in [9.17, 15) is 0 Å². The van der Waals surface area contributed by atoms with Gasteiger partial charge in [0.2, 0.25) is 0 Å². The lowest BCUT2D eigenvalue weighted by molar-refractivity contribution is -0.159. The summed E-state index contributed by atoms with van der Waals surface area (Å²) < 4.78 is 0. The lowest BCUT2D eigenvalue weighted by Gasteiger charge is -2.09. The Morgan fingerprint density at radius 1 is 1.18 bits per heavy atom. The molecule has 0 aliphatic rings. The molecule has 0 amide bonds. The summed E-state index contributed by atoms with van der Waals surface area (Å²) in [6.07, 6.45) is 0.0504. The molecule has 1 unspecified atom stereocenters. The van der Waals surface area contributed by atoms with Crippen molar-refractivity contribution in [3.63, 3.8) is 0 Å². The van der Waals surface area contributed by atoms with Crippen LogP contribution in [0.1, 0.15) is 5.56 Å². The fourth-order valence-corrected chi connectivity index (χ4v) is 1.78. The van der Waals surface area contributed by atoms with Crippen LogP contribution in [0.2, 0.25) is 10.0 Å². The molecule has 0 bridgehead atoms. The number of carbonyl (C=O) groups is 2. The molecule has 5 N–H and O–H groups in total. The highest BCUT2D eigenvalue weighted by molar-refractivity contribution is 6.35. The van der Waals surface area contributed by atoms with Gasteiger partial charge in [-0.25, -0.2) is 9.59 Å². The van der Waals surface area contributed by atoms with Gasteiger partial charge < -0.3 is 25.7 Å². The Hall–Kier alpha value is -1.38. The summed E-state index contributed by atoms with van der Waals surface area (Å²) >= 11 is 11.8. The van der Waals surface area contributed by atoms with E-state index < -0.39 is 18.0 Å². The summed E-state index contributed by atoms with van der Waals surface area (Å²) in [5.41, 5.74) is 1.01. The molecule has 9 heteroatoms. The molecule has 0 heterocycles. The van der Waals surface area contributed by atoms with Gasteiger partial charge in [0.05, 0.1) is 12.7 Å². The van der Waals surface area contributed by atoms with Crippen molar-refractivity contribution in [2.45, 2.75) is 12.5 Å². The number of aliphatic carboxylic acids is 2. The van der Waals surface area contributed by atoms with Gasteiger partial charge >= 0.3 is 11.9 Å². The summed E-state index contributed by atoms with van der Waals surface area (Å²) in [6.45, 7) is 0.842. The molecule has 1 rings (SSSR count). The quantitative estimate of drug-likeness (QED) is 0.375. The van der Waals surface area contributed by atoms with Crippen molar-refractivity contribution in [2.24, 2.45) is 0 Å². The highest BCUT2D eigenvalue weighted by atomic mass is 35.5. The topological polar surface area (TPSA) is 127 Å². The molecule has 0 spiro atoms. The number of hydrogen-bond acceptors (Lipinski definition) is 5. The van der Waals surface area contributed by atoms with E-state index >= 15 is 0 Å². The van der Waals surface area contributed by atoms with E-state index in [0.717, 1.165) is 12.0 Å². The predicted molar refractivity (Wildman–Crippen MR) is 81.4 cm³/mol. The van der Waals surface area contributed by atoms with Crippen LogP contribution in [0, 0.1) is 0 Å². The Balaban J connectivity index is 0.000000626. The molecule has 0 aliphatic heterocycles. The van der Waals surface area contributed by atoms with E-state index in [1.54, 1.807) is 12.1 Å². The van der Waals surface area contributed by atoms with Crippen molar-refractivity contribution >= 4 is 35.1 Å². The van der Waals surface area contributed by atoms with Crippen molar-refractivity contribution in [3.8, 4) is 0 Å². The lowest BCUT2D eigenvalue weighted by Crippen LogP contribution is -2.30. The molecule has 7 nitrogen and oxygen atoms in total. The molecule has 0 aromatic heterocycles. The fraction of sp³-hybridized carbons (Fsp3) is 0.385. The second kappa shape index (κ2) is 11.2. The van der Waals surface area contributed by atoms with Gasteiger partial charge in [-0.2, -0.15) is 0 Å². The summed E-state index contributed by atoms with van der Waals surface area (Å²) in [5.74, 6) is -3.65. The molecule has 0 aliphatic carbocycles. The number of rotatable bonds is 6. The van der Waals surface area contributed by atoms with E-state index in [1.807, 2.05) is 6.07 Å². The minimum Gasteiger partial charge on any atom is -0.473 e. The maximum atomic E-state index is 9.10. The Morgan fingerprint density at radius 3 is 2.23 bits per heavy atom. The molecule has 1 atom stereocenters. The number of benzene rings is 1. The zero-order chi connectivity index (χ0) is 17.1. The Morgan fingerprint density at radius 2 is 1.77 bits per heavy atom. The van der Waals surface area contributed by atoms with Crippen LogP contribution in [-0.2, 0) is 16.0 Å². The lowest BCUT2D eigenvalue weighted by atomic mass is 10.1. The Kier molecular flexibility index (Phi) is 10.5. The van der Waals surface area contributed by atoms with E-state index in [4.69, 9.17) is 53.2 Å². The molecular weight excluding hydrogens is 337 g/mol. The molecule has 0 saturated heterocycles. The minimum atomic E-state index is -1.82. The summed E-state index contributed by atoms with van der Waals surface area (Å²) in [7, 11) is 0. The smallest absolute Gasteiger partial charge is 0.414 e. The predicted octanol–water partition coefficient (Wildman–Crippen LogP) is 0.634. The minimum absolute atomic E-state index is 0.227. The number of halogens is 2. The molecule has 0 saturated carbocycles. The van der Waals surface area contributed by atoms with E-state index in [-0.39, 0.29) is 6.61 Å². The molecule has 0 radical (unpaired) electrons. The van der Waals surface area contributed by atoms with Crippen LogP contribution in [0.4, 0.5) is 0 Å². The zero-order valence-corrected chi connectivity index (χ0v) is 13.0. The highest BCUT2D eigenvalue weighted by Gasteiger charge is 2.04. The number of hydrogen-bond donors (Lipinski definition) is 5. The van der Waals surface area contributed by atoms with Crippen molar-refractivity contribution in [1.29, 1.82) is 0 Å². The Labute approximate surface area is 137 Å². The van der Waals surface area contributed by atoms with Crippen molar-refractivity contribution in [2.75, 3.05) is 19.7 Å². The third kappa shape index (κ3) is 9.54. The third-order valence-corrected chi connectivity index (χ3v) is 2.95. The number of carboxylic acids is 2. The third-order valence-electron chi connectivity index (χ3n) is 2.36. The van der Waals surface area contributed by atoms with E-state index in [1.165, 1.54) is 0 Å². The largest absolute Gasteiger partial charge is 0.473 e. The molecule has 1 aromatic carbocycles. The van der Waals surface area contributed by atoms with Crippen LogP contribution in [0.3, 0.4) is 0 Å². The van der Waals surface area contributed by atoms with Crippen LogP contribution < -0.4 is 5.32 Å². The number of aliphatic hydroxyl groups is 2. The van der Waals surface area contributed by atoms with Crippen molar-refractivity contribution in [3.05, 3.63) is 33.8 Å². The average molecular weight is 354 g/mol. The average Bonchev–Trinajstić information content (AvgIpc) is 2.45. The first kappa shape index (κ1) is 20.6. The van der Waals surface area contributed by atoms with E-state index in [0.29, 0.717) is 23.1 Å². The van der Waals surface area contributed by atoms with Gasteiger partial charge in [0.15, 0.2) is 0 Å². The normalized spacial score (nSPS) is 11.3. The van der Waals surface area contributed by atoms with Crippen LogP contribution in [0.25, 0.3) is 0 Å². The monoisotopic (exact) mass is 353 g/mol. The van der Waals surface area contributed by atoms with Gasteiger partial charge in [-0.15, -0.1) is 0 Å². The van der Waals surface area contributed by atoms with Gasteiger partial charge in [0.1, 0.15) is 0 Å². The summed E-state index contributed by atoms with van der Waals surface area (Å²) in [5, 5.41) is 36.8. The first-order chi connectivity index (χ1) is 10.3. The number of aliphatic hydroxyl groups excluding tert-OH is 2. The van der Waals surface area contributed by atoms with E-state index in [2.05, 4.69) is 5.32 Å². The first-order valence-electron chi connectivity index (χ1n) is 6.17. The van der Waals surface area contributed by atoms with Crippen LogP contribution in [0.15, 0.2) is 18.2 Å². The highest BCUT2D eigenvalue weighted by Crippen LogP contribution is 2.20. The van der Waals surface area contributed by atoms with Crippen LogP contribution in [0.5, 0.6) is 0 Å². The van der Waals surface area contributed by atoms with Gasteiger partial charge in [-0.3, -0.25) is 0 Å². The fourth-order valence-electron chi connectivity index (χ4n) is 1.28. The van der Waals surface area contributed by atoms with Gasteiger partial charge in [-0.05, 0) is 30.7 Å². The maximum Gasteiger partial charge on any atom is 0.414 e. The second-order valence-corrected chi connectivity index (χ2v) is 4.98. The zero-order valence-electron chi connectivity index (χ0n) is 11.5. The molecular formula is C13H17Cl2NO6. The molecule has 124 valence electrons. The summed E-state index contributed by atoms with van der Waals surface area (Å²) in [4.78, 5) is 18.2.